The number of hydrogen-bond donors (Lipinski definition) is 3. The third-order valence-corrected chi connectivity index (χ3v) is 5.72. The van der Waals surface area contributed by atoms with Gasteiger partial charge in [0.15, 0.2) is 5.82 Å². The van der Waals surface area contributed by atoms with Gasteiger partial charge in [-0.25, -0.2) is 24.0 Å². The van der Waals surface area contributed by atoms with Crippen LogP contribution >= 0.6 is 15.9 Å². The molecule has 8 heteroatoms. The van der Waals surface area contributed by atoms with Crippen LogP contribution in [0, 0.1) is 5.41 Å². The molecule has 4 N–H and O–H groups in total. The number of nitrogens with two attached hydrogens (primary N) is 1. The Bertz CT molecular complexity index is 603. The molecule has 0 radical (unpaired) electrons. The molecule has 1 aromatic heterocycles. The number of hydrazine groups is 1. The van der Waals surface area contributed by atoms with Crippen molar-refractivity contribution in [2.24, 2.45) is 11.3 Å². The highest BCUT2D eigenvalue weighted by Gasteiger charge is 2.37. The molecule has 0 amide bonds. The number of hydrogen-bond acceptors (Lipinski definition) is 5. The largest absolute Gasteiger partial charge is 0.307 e. The highest BCUT2D eigenvalue weighted by molar-refractivity contribution is 9.10. The Balaban J connectivity index is 2.34. The fourth-order valence-corrected chi connectivity index (χ4v) is 4.60. The summed E-state index contributed by atoms with van der Waals surface area (Å²) in [6.45, 7) is 4.16. The summed E-state index contributed by atoms with van der Waals surface area (Å²) in [6, 6.07) is 1.42. The van der Waals surface area contributed by atoms with Gasteiger partial charge in [0.05, 0.1) is 0 Å². The fourth-order valence-electron chi connectivity index (χ4n) is 2.53. The van der Waals surface area contributed by atoms with E-state index in [4.69, 9.17) is 5.84 Å². The van der Waals surface area contributed by atoms with Crippen molar-refractivity contribution < 1.29 is 8.42 Å². The van der Waals surface area contributed by atoms with Gasteiger partial charge in [0.1, 0.15) is 4.90 Å². The van der Waals surface area contributed by atoms with E-state index in [-0.39, 0.29) is 22.2 Å². The lowest BCUT2D eigenvalue weighted by atomic mass is 9.88. The van der Waals surface area contributed by atoms with Gasteiger partial charge in [0.25, 0.3) is 0 Å². The maximum absolute atomic E-state index is 12.5. The zero-order valence-electron chi connectivity index (χ0n) is 11.5. The second-order valence-corrected chi connectivity index (χ2v) is 8.30. The lowest BCUT2D eigenvalue weighted by Gasteiger charge is -2.27. The van der Waals surface area contributed by atoms with E-state index in [0.717, 1.165) is 19.3 Å². The van der Waals surface area contributed by atoms with Crippen LogP contribution in [0.5, 0.6) is 0 Å². The summed E-state index contributed by atoms with van der Waals surface area (Å²) < 4.78 is 28.4. The number of nitrogens with zero attached hydrogens (tertiary/aromatic N) is 1. The predicted octanol–water partition coefficient (Wildman–Crippen LogP) is 1.99. The van der Waals surface area contributed by atoms with Crippen LogP contribution in [-0.4, -0.2) is 19.4 Å². The lowest BCUT2D eigenvalue weighted by molar-refractivity contribution is 0.313. The van der Waals surface area contributed by atoms with Crippen LogP contribution in [0.15, 0.2) is 21.6 Å². The van der Waals surface area contributed by atoms with Gasteiger partial charge in [0, 0.05) is 16.7 Å². The first-order valence-corrected chi connectivity index (χ1v) is 8.68. The summed E-state index contributed by atoms with van der Waals surface area (Å²) >= 11 is 3.23. The van der Waals surface area contributed by atoms with Crippen molar-refractivity contribution in [2.45, 2.75) is 44.0 Å². The highest BCUT2D eigenvalue weighted by Crippen LogP contribution is 2.38. The van der Waals surface area contributed by atoms with Crippen LogP contribution in [-0.2, 0) is 10.0 Å². The van der Waals surface area contributed by atoms with Crippen LogP contribution in [0.4, 0.5) is 5.82 Å². The Morgan fingerprint density at radius 1 is 1.50 bits per heavy atom. The summed E-state index contributed by atoms with van der Waals surface area (Å²) in [6.07, 6.45) is 4.38. The summed E-state index contributed by atoms with van der Waals surface area (Å²) in [5, 5.41) is 0. The van der Waals surface area contributed by atoms with E-state index in [9.17, 15) is 8.42 Å². The van der Waals surface area contributed by atoms with Gasteiger partial charge in [-0.2, -0.15) is 0 Å². The molecule has 0 aliphatic heterocycles. The van der Waals surface area contributed by atoms with Gasteiger partial charge >= 0.3 is 0 Å². The van der Waals surface area contributed by atoms with Crippen molar-refractivity contribution in [1.29, 1.82) is 0 Å². The van der Waals surface area contributed by atoms with Crippen molar-refractivity contribution in [2.75, 3.05) is 5.43 Å². The van der Waals surface area contributed by atoms with Gasteiger partial charge in [-0.15, -0.1) is 0 Å². The number of sulfonamides is 1. The maximum atomic E-state index is 12.5. The molecule has 0 spiro atoms. The topological polar surface area (TPSA) is 97.1 Å². The normalized spacial score (nSPS) is 21.9. The van der Waals surface area contributed by atoms with Crippen molar-refractivity contribution in [1.82, 2.24) is 9.71 Å². The van der Waals surface area contributed by atoms with Crippen molar-refractivity contribution in [3.8, 4) is 0 Å². The molecule has 0 saturated heterocycles. The zero-order chi connectivity index (χ0) is 15.0. The molecule has 112 valence electrons. The number of nitrogens with one attached hydrogen (secondary N) is 2. The summed E-state index contributed by atoms with van der Waals surface area (Å²) in [5.74, 6) is 5.47. The molecule has 1 fully saturated rings. The third kappa shape index (κ3) is 3.13. The van der Waals surface area contributed by atoms with Crippen LogP contribution in [0.25, 0.3) is 0 Å². The Morgan fingerprint density at radius 3 is 2.75 bits per heavy atom. The van der Waals surface area contributed by atoms with Gasteiger partial charge in [-0.05, 0) is 40.3 Å². The van der Waals surface area contributed by atoms with Crippen LogP contribution in [0.2, 0.25) is 0 Å². The molecule has 20 heavy (non-hydrogen) atoms. The van der Waals surface area contributed by atoms with Crippen molar-refractivity contribution in [3.05, 3.63) is 16.7 Å². The van der Waals surface area contributed by atoms with Gasteiger partial charge in [0.2, 0.25) is 10.0 Å². The Hall–Kier alpha value is -0.700. The molecule has 1 aliphatic rings. The molecule has 0 bridgehead atoms. The van der Waals surface area contributed by atoms with E-state index in [1.807, 2.05) is 0 Å². The Labute approximate surface area is 127 Å². The first-order valence-electron chi connectivity index (χ1n) is 6.41. The second-order valence-electron chi connectivity index (χ2n) is 5.70. The predicted molar refractivity (Wildman–Crippen MR) is 81.5 cm³/mol. The highest BCUT2D eigenvalue weighted by atomic mass is 79.9. The van der Waals surface area contributed by atoms with E-state index >= 15 is 0 Å². The van der Waals surface area contributed by atoms with E-state index in [1.54, 1.807) is 0 Å². The van der Waals surface area contributed by atoms with Gasteiger partial charge in [-0.1, -0.05) is 20.3 Å². The smallest absolute Gasteiger partial charge is 0.244 e. The molecule has 1 aliphatic carbocycles. The first-order chi connectivity index (χ1) is 9.26. The second kappa shape index (κ2) is 5.59. The van der Waals surface area contributed by atoms with Crippen LogP contribution in [0.1, 0.15) is 33.1 Å². The summed E-state index contributed by atoms with van der Waals surface area (Å²) in [7, 11) is -3.66. The molecule has 0 aromatic carbocycles. The number of rotatable bonds is 4. The average molecular weight is 363 g/mol. The minimum absolute atomic E-state index is 0.0389. The molecule has 1 saturated carbocycles. The Kier molecular flexibility index (Phi) is 4.38. The maximum Gasteiger partial charge on any atom is 0.244 e. The van der Waals surface area contributed by atoms with Gasteiger partial charge in [-0.3, -0.25) is 0 Å². The van der Waals surface area contributed by atoms with E-state index in [1.165, 1.54) is 12.3 Å². The number of aromatic nitrogens is 1. The number of pyridine rings is 1. The zero-order valence-corrected chi connectivity index (χ0v) is 13.9. The molecule has 1 unspecified atom stereocenters. The third-order valence-electron chi connectivity index (χ3n) is 3.80. The first kappa shape index (κ1) is 15.7. The van der Waals surface area contributed by atoms with E-state index in [0.29, 0.717) is 4.47 Å². The standard InChI is InChI=1S/C12H19BrN4O2S/c1-12(2)5-3-4-10(12)17-20(18,19)9-6-8(13)7-15-11(9)16-14/h6-7,10,17H,3-5,14H2,1-2H3,(H,15,16). The van der Waals surface area contributed by atoms with Gasteiger partial charge < -0.3 is 5.43 Å². The summed E-state index contributed by atoms with van der Waals surface area (Å²) in [5.41, 5.74) is 2.28. The Morgan fingerprint density at radius 2 is 2.20 bits per heavy atom. The quantitative estimate of drug-likeness (QED) is 0.562. The van der Waals surface area contributed by atoms with Crippen LogP contribution < -0.4 is 16.0 Å². The van der Waals surface area contributed by atoms with Crippen molar-refractivity contribution in [3.63, 3.8) is 0 Å². The lowest BCUT2D eigenvalue weighted by Crippen LogP contribution is -2.41. The van der Waals surface area contributed by atoms with E-state index < -0.39 is 10.0 Å². The monoisotopic (exact) mass is 362 g/mol. The number of anilines is 1. The minimum Gasteiger partial charge on any atom is -0.307 e. The SMILES string of the molecule is CC1(C)CCCC1NS(=O)(=O)c1cc(Br)cnc1NN. The molecular weight excluding hydrogens is 344 g/mol. The molecular formula is C12H19BrN4O2S. The number of nitrogen functional groups attached to an aromatic ring is 1. The average Bonchev–Trinajstić information content (AvgIpc) is 2.68. The summed E-state index contributed by atoms with van der Waals surface area (Å²) in [4.78, 5) is 4.02. The number of halogens is 1. The molecule has 1 heterocycles. The molecule has 6 nitrogen and oxygen atoms in total. The molecule has 2 rings (SSSR count). The fraction of sp³-hybridized carbons (Fsp3) is 0.583. The van der Waals surface area contributed by atoms with E-state index in [2.05, 4.69) is 44.9 Å². The van der Waals surface area contributed by atoms with Crippen LogP contribution in [0.3, 0.4) is 0 Å². The molecule has 1 aromatic rings. The minimum atomic E-state index is -3.66. The van der Waals surface area contributed by atoms with Crippen molar-refractivity contribution >= 4 is 31.8 Å². The molecule has 1 atom stereocenters.